The van der Waals surface area contributed by atoms with E-state index in [1.807, 2.05) is 0 Å². The zero-order chi connectivity index (χ0) is 13.3. The second kappa shape index (κ2) is 8.85. The van der Waals surface area contributed by atoms with Crippen LogP contribution in [0, 0.1) is 5.92 Å². The summed E-state index contributed by atoms with van der Waals surface area (Å²) in [5, 5.41) is 3.24. The summed E-state index contributed by atoms with van der Waals surface area (Å²) in [6.07, 6.45) is 3.82. The zero-order valence-corrected chi connectivity index (χ0v) is 12.1. The van der Waals surface area contributed by atoms with Crippen LogP contribution in [0.25, 0.3) is 0 Å². The molecule has 2 N–H and O–H groups in total. The Balaban J connectivity index is 2.11. The summed E-state index contributed by atoms with van der Waals surface area (Å²) in [5.74, 6) is 0.503. The van der Waals surface area contributed by atoms with Crippen molar-refractivity contribution in [3.8, 4) is 0 Å². The second-order valence-electron chi connectivity index (χ2n) is 4.85. The molecule has 1 heterocycles. The molecule has 1 aliphatic heterocycles. The van der Waals surface area contributed by atoms with Gasteiger partial charge in [0.15, 0.2) is 0 Å². The first-order valence-electron chi connectivity index (χ1n) is 6.90. The summed E-state index contributed by atoms with van der Waals surface area (Å²) < 4.78 is 31.6. The fourth-order valence-corrected chi connectivity index (χ4v) is 3.56. The lowest BCUT2D eigenvalue weighted by molar-refractivity contribution is 0.133. The molecule has 0 aromatic heterocycles. The SMILES string of the molecule is CCCOCCCNS(=O)(=O)CC1CCCNC1. The molecule has 1 aliphatic rings. The van der Waals surface area contributed by atoms with Crippen LogP contribution in [-0.2, 0) is 14.8 Å². The van der Waals surface area contributed by atoms with E-state index in [0.29, 0.717) is 13.2 Å². The predicted molar refractivity (Wildman–Crippen MR) is 73.1 cm³/mol. The molecule has 1 fully saturated rings. The van der Waals surface area contributed by atoms with Crippen molar-refractivity contribution < 1.29 is 13.2 Å². The monoisotopic (exact) mass is 278 g/mol. The maximum atomic E-state index is 11.8. The lowest BCUT2D eigenvalue weighted by Gasteiger charge is -2.22. The van der Waals surface area contributed by atoms with E-state index in [1.165, 1.54) is 0 Å². The molecule has 108 valence electrons. The lowest BCUT2D eigenvalue weighted by atomic mass is 10.0. The van der Waals surface area contributed by atoms with Gasteiger partial charge in [0.05, 0.1) is 5.75 Å². The molecule has 0 saturated carbocycles. The average Bonchev–Trinajstić information content (AvgIpc) is 2.34. The molecule has 0 aliphatic carbocycles. The summed E-state index contributed by atoms with van der Waals surface area (Å²) in [6, 6.07) is 0. The number of rotatable bonds is 9. The summed E-state index contributed by atoms with van der Waals surface area (Å²) in [4.78, 5) is 0. The van der Waals surface area contributed by atoms with Gasteiger partial charge in [-0.05, 0) is 44.7 Å². The van der Waals surface area contributed by atoms with Crippen molar-refractivity contribution in [2.24, 2.45) is 5.92 Å². The highest BCUT2D eigenvalue weighted by Crippen LogP contribution is 2.11. The molecule has 1 saturated heterocycles. The Morgan fingerprint density at radius 3 is 2.89 bits per heavy atom. The average molecular weight is 278 g/mol. The molecule has 0 amide bonds. The Hall–Kier alpha value is -0.170. The third-order valence-corrected chi connectivity index (χ3v) is 4.54. The number of sulfonamides is 1. The van der Waals surface area contributed by atoms with Crippen molar-refractivity contribution in [2.75, 3.05) is 38.6 Å². The quantitative estimate of drug-likeness (QED) is 0.610. The molecule has 1 unspecified atom stereocenters. The lowest BCUT2D eigenvalue weighted by Crippen LogP contribution is -2.38. The minimum absolute atomic E-state index is 0.246. The molecule has 0 aromatic rings. The minimum Gasteiger partial charge on any atom is -0.381 e. The summed E-state index contributed by atoms with van der Waals surface area (Å²) in [6.45, 7) is 5.74. The first-order valence-corrected chi connectivity index (χ1v) is 8.55. The number of hydrogen-bond donors (Lipinski definition) is 2. The van der Waals surface area contributed by atoms with E-state index < -0.39 is 10.0 Å². The van der Waals surface area contributed by atoms with Gasteiger partial charge in [-0.2, -0.15) is 0 Å². The van der Waals surface area contributed by atoms with Crippen molar-refractivity contribution in [2.45, 2.75) is 32.6 Å². The highest BCUT2D eigenvalue weighted by atomic mass is 32.2. The number of nitrogens with one attached hydrogen (secondary N) is 2. The molecule has 0 aromatic carbocycles. The third kappa shape index (κ3) is 7.31. The van der Waals surface area contributed by atoms with Gasteiger partial charge in [-0.15, -0.1) is 0 Å². The van der Waals surface area contributed by atoms with Gasteiger partial charge in [0.2, 0.25) is 10.0 Å². The summed E-state index contributed by atoms with van der Waals surface area (Å²) in [7, 11) is -3.12. The van der Waals surface area contributed by atoms with Crippen LogP contribution >= 0.6 is 0 Å². The second-order valence-corrected chi connectivity index (χ2v) is 6.71. The Bertz CT molecular complexity index is 300. The van der Waals surface area contributed by atoms with Gasteiger partial charge in [-0.1, -0.05) is 6.92 Å². The van der Waals surface area contributed by atoms with Gasteiger partial charge in [-0.3, -0.25) is 0 Å². The molecule has 6 heteroatoms. The molecule has 1 atom stereocenters. The van der Waals surface area contributed by atoms with E-state index in [1.54, 1.807) is 0 Å². The van der Waals surface area contributed by atoms with E-state index in [0.717, 1.165) is 45.4 Å². The molecule has 18 heavy (non-hydrogen) atoms. The van der Waals surface area contributed by atoms with Gasteiger partial charge in [0.25, 0.3) is 0 Å². The fourth-order valence-electron chi connectivity index (χ4n) is 2.08. The maximum absolute atomic E-state index is 11.8. The van der Waals surface area contributed by atoms with E-state index >= 15 is 0 Å². The largest absolute Gasteiger partial charge is 0.381 e. The molecular formula is C12H26N2O3S. The minimum atomic E-state index is -3.12. The van der Waals surface area contributed by atoms with Crippen LogP contribution in [0.3, 0.4) is 0 Å². The normalized spacial score (nSPS) is 21.1. The Morgan fingerprint density at radius 1 is 1.39 bits per heavy atom. The van der Waals surface area contributed by atoms with E-state index in [9.17, 15) is 8.42 Å². The van der Waals surface area contributed by atoms with Gasteiger partial charge in [0.1, 0.15) is 0 Å². The Kier molecular flexibility index (Phi) is 7.81. The number of piperidine rings is 1. The van der Waals surface area contributed by atoms with Crippen LogP contribution in [0.5, 0.6) is 0 Å². The van der Waals surface area contributed by atoms with Crippen molar-refractivity contribution in [3.05, 3.63) is 0 Å². The van der Waals surface area contributed by atoms with Crippen LogP contribution in [0.4, 0.5) is 0 Å². The van der Waals surface area contributed by atoms with Crippen LogP contribution in [0.15, 0.2) is 0 Å². The van der Waals surface area contributed by atoms with E-state index in [4.69, 9.17) is 4.74 Å². The van der Waals surface area contributed by atoms with E-state index in [2.05, 4.69) is 17.0 Å². The zero-order valence-electron chi connectivity index (χ0n) is 11.3. The predicted octanol–water partition coefficient (Wildman–Crippen LogP) is 0.722. The van der Waals surface area contributed by atoms with Crippen molar-refractivity contribution >= 4 is 10.0 Å². The topological polar surface area (TPSA) is 67.4 Å². The van der Waals surface area contributed by atoms with Gasteiger partial charge >= 0.3 is 0 Å². The van der Waals surface area contributed by atoms with Crippen LogP contribution in [0.1, 0.15) is 32.6 Å². The molecule has 1 rings (SSSR count). The smallest absolute Gasteiger partial charge is 0.211 e. The highest BCUT2D eigenvalue weighted by molar-refractivity contribution is 7.89. The Labute approximate surface area is 111 Å². The molecule has 5 nitrogen and oxygen atoms in total. The van der Waals surface area contributed by atoms with Gasteiger partial charge in [0, 0.05) is 19.8 Å². The van der Waals surface area contributed by atoms with Gasteiger partial charge < -0.3 is 10.1 Å². The number of hydrogen-bond acceptors (Lipinski definition) is 4. The van der Waals surface area contributed by atoms with Crippen molar-refractivity contribution in [3.63, 3.8) is 0 Å². The van der Waals surface area contributed by atoms with Crippen LogP contribution in [0.2, 0.25) is 0 Å². The van der Waals surface area contributed by atoms with E-state index in [-0.39, 0.29) is 11.7 Å². The summed E-state index contributed by atoms with van der Waals surface area (Å²) >= 11 is 0. The maximum Gasteiger partial charge on any atom is 0.211 e. The molecular weight excluding hydrogens is 252 g/mol. The molecule has 0 bridgehead atoms. The van der Waals surface area contributed by atoms with Crippen LogP contribution < -0.4 is 10.0 Å². The molecule has 0 spiro atoms. The first-order chi connectivity index (χ1) is 8.64. The Morgan fingerprint density at radius 2 is 2.22 bits per heavy atom. The first kappa shape index (κ1) is 15.9. The number of ether oxygens (including phenoxy) is 1. The van der Waals surface area contributed by atoms with Gasteiger partial charge in [-0.25, -0.2) is 13.1 Å². The van der Waals surface area contributed by atoms with Crippen molar-refractivity contribution in [1.29, 1.82) is 0 Å². The third-order valence-electron chi connectivity index (χ3n) is 2.99. The standard InChI is InChI=1S/C12H26N2O3S/c1-2-8-17-9-4-7-14-18(15,16)11-12-5-3-6-13-10-12/h12-14H,2-11H2,1H3. The molecule has 0 radical (unpaired) electrons. The fraction of sp³-hybridized carbons (Fsp3) is 1.00. The van der Waals surface area contributed by atoms with Crippen molar-refractivity contribution in [1.82, 2.24) is 10.0 Å². The highest BCUT2D eigenvalue weighted by Gasteiger charge is 2.20. The van der Waals surface area contributed by atoms with Crippen LogP contribution in [-0.4, -0.2) is 47.0 Å². The summed E-state index contributed by atoms with van der Waals surface area (Å²) in [5.41, 5.74) is 0.